The lowest BCUT2D eigenvalue weighted by atomic mass is 9.90. The van der Waals surface area contributed by atoms with Crippen LogP contribution in [0, 0.1) is 0 Å². The van der Waals surface area contributed by atoms with Crippen molar-refractivity contribution in [3.05, 3.63) is 0 Å². The van der Waals surface area contributed by atoms with Crippen molar-refractivity contribution >= 4 is 0 Å². The van der Waals surface area contributed by atoms with Gasteiger partial charge in [0.25, 0.3) is 0 Å². The molecule has 1 saturated heterocycles. The zero-order valence-corrected chi connectivity index (χ0v) is 14.4. The second-order valence-electron chi connectivity index (χ2n) is 6.34. The number of nitrogens with one attached hydrogen (secondary N) is 1. The van der Waals surface area contributed by atoms with E-state index in [1.807, 2.05) is 0 Å². The van der Waals surface area contributed by atoms with Crippen LogP contribution >= 0.6 is 0 Å². The summed E-state index contributed by atoms with van der Waals surface area (Å²) in [6.45, 7) is 11.9. The Morgan fingerprint density at radius 3 is 2.76 bits per heavy atom. The van der Waals surface area contributed by atoms with E-state index in [4.69, 9.17) is 4.74 Å². The van der Waals surface area contributed by atoms with Crippen molar-refractivity contribution < 1.29 is 9.84 Å². The molecule has 0 saturated carbocycles. The van der Waals surface area contributed by atoms with Gasteiger partial charge in [-0.3, -0.25) is 0 Å². The van der Waals surface area contributed by atoms with Gasteiger partial charge in [0.15, 0.2) is 0 Å². The summed E-state index contributed by atoms with van der Waals surface area (Å²) in [6, 6.07) is 0. The van der Waals surface area contributed by atoms with Crippen LogP contribution < -0.4 is 5.32 Å². The van der Waals surface area contributed by atoms with Gasteiger partial charge in [-0.05, 0) is 65.1 Å². The molecule has 2 atom stereocenters. The van der Waals surface area contributed by atoms with Gasteiger partial charge in [-0.25, -0.2) is 0 Å². The van der Waals surface area contributed by atoms with Crippen LogP contribution in [-0.4, -0.2) is 61.0 Å². The predicted molar refractivity (Wildman–Crippen MR) is 88.7 cm³/mol. The van der Waals surface area contributed by atoms with E-state index in [-0.39, 0.29) is 12.1 Å². The van der Waals surface area contributed by atoms with Gasteiger partial charge in [-0.1, -0.05) is 13.8 Å². The van der Waals surface area contributed by atoms with Gasteiger partial charge in [-0.15, -0.1) is 0 Å². The third-order valence-corrected chi connectivity index (χ3v) is 4.72. The first-order valence-electron chi connectivity index (χ1n) is 8.89. The van der Waals surface area contributed by atoms with Crippen LogP contribution in [0.4, 0.5) is 0 Å². The number of rotatable bonds is 11. The molecule has 2 N–H and O–H groups in total. The van der Waals surface area contributed by atoms with E-state index in [9.17, 15) is 5.11 Å². The van der Waals surface area contributed by atoms with Crippen molar-refractivity contribution in [2.24, 2.45) is 0 Å². The van der Waals surface area contributed by atoms with Gasteiger partial charge < -0.3 is 20.1 Å². The summed E-state index contributed by atoms with van der Waals surface area (Å²) in [4.78, 5) is 2.53. The first-order chi connectivity index (χ1) is 10.2. The highest BCUT2D eigenvalue weighted by Crippen LogP contribution is 2.19. The molecular weight excluding hydrogens is 264 g/mol. The zero-order valence-electron chi connectivity index (χ0n) is 14.4. The summed E-state index contributed by atoms with van der Waals surface area (Å²) < 4.78 is 5.76. The van der Waals surface area contributed by atoms with Crippen molar-refractivity contribution in [3.63, 3.8) is 0 Å². The van der Waals surface area contributed by atoms with Crippen LogP contribution in [0.3, 0.4) is 0 Å². The van der Waals surface area contributed by atoms with Crippen LogP contribution in [0.5, 0.6) is 0 Å². The Morgan fingerprint density at radius 1 is 1.33 bits per heavy atom. The fourth-order valence-corrected chi connectivity index (χ4v) is 3.26. The van der Waals surface area contributed by atoms with E-state index in [1.54, 1.807) is 0 Å². The van der Waals surface area contributed by atoms with Crippen LogP contribution in [-0.2, 0) is 4.74 Å². The molecule has 1 rings (SSSR count). The lowest BCUT2D eigenvalue weighted by Crippen LogP contribution is -2.49. The molecule has 2 unspecified atom stereocenters. The molecule has 4 nitrogen and oxygen atoms in total. The Hall–Kier alpha value is -0.160. The fourth-order valence-electron chi connectivity index (χ4n) is 3.26. The standard InChI is InChI=1S/C17H36N2O2/c1-4-11-18-17(5-2,15-20)10-8-13-19-12-7-9-16(14-19)21-6-3/h16,18,20H,4-15H2,1-3H3. The lowest BCUT2D eigenvalue weighted by molar-refractivity contribution is 0.00467. The Bertz CT molecular complexity index is 255. The van der Waals surface area contributed by atoms with E-state index in [0.717, 1.165) is 51.9 Å². The first kappa shape index (κ1) is 18.9. The molecule has 1 aliphatic heterocycles. The molecule has 0 aliphatic carbocycles. The number of hydrogen-bond donors (Lipinski definition) is 2. The van der Waals surface area contributed by atoms with E-state index in [0.29, 0.717) is 6.10 Å². The minimum Gasteiger partial charge on any atom is -0.394 e. The van der Waals surface area contributed by atoms with Crippen LogP contribution in [0.25, 0.3) is 0 Å². The number of piperidine rings is 1. The van der Waals surface area contributed by atoms with E-state index >= 15 is 0 Å². The van der Waals surface area contributed by atoms with Gasteiger partial charge in [-0.2, -0.15) is 0 Å². The second kappa shape index (κ2) is 10.5. The largest absolute Gasteiger partial charge is 0.394 e. The smallest absolute Gasteiger partial charge is 0.0702 e. The molecule has 0 radical (unpaired) electrons. The number of ether oxygens (including phenoxy) is 1. The lowest BCUT2D eigenvalue weighted by Gasteiger charge is -2.35. The average Bonchev–Trinajstić information content (AvgIpc) is 2.52. The normalized spacial score (nSPS) is 23.1. The molecular formula is C17H36N2O2. The molecule has 21 heavy (non-hydrogen) atoms. The predicted octanol–water partition coefficient (Wildman–Crippen LogP) is 2.41. The molecule has 1 aliphatic rings. The third-order valence-electron chi connectivity index (χ3n) is 4.72. The van der Waals surface area contributed by atoms with Gasteiger partial charge in [0.05, 0.1) is 12.7 Å². The molecule has 0 aromatic heterocycles. The van der Waals surface area contributed by atoms with Crippen molar-refractivity contribution in [1.29, 1.82) is 0 Å². The quantitative estimate of drug-likeness (QED) is 0.615. The van der Waals surface area contributed by atoms with E-state index in [1.165, 1.54) is 19.4 Å². The summed E-state index contributed by atoms with van der Waals surface area (Å²) in [5.74, 6) is 0. The van der Waals surface area contributed by atoms with Gasteiger partial charge in [0.2, 0.25) is 0 Å². The minimum absolute atomic E-state index is 0.0783. The van der Waals surface area contributed by atoms with Crippen molar-refractivity contribution in [2.75, 3.05) is 39.4 Å². The summed E-state index contributed by atoms with van der Waals surface area (Å²) in [7, 11) is 0. The van der Waals surface area contributed by atoms with Crippen molar-refractivity contribution in [1.82, 2.24) is 10.2 Å². The molecule has 126 valence electrons. The summed E-state index contributed by atoms with van der Waals surface area (Å²) in [6.07, 6.45) is 7.18. The Kier molecular flexibility index (Phi) is 9.49. The fraction of sp³-hybridized carbons (Fsp3) is 1.00. The Morgan fingerprint density at radius 2 is 2.14 bits per heavy atom. The van der Waals surface area contributed by atoms with E-state index in [2.05, 4.69) is 31.0 Å². The highest BCUT2D eigenvalue weighted by molar-refractivity contribution is 4.86. The molecule has 0 amide bonds. The highest BCUT2D eigenvalue weighted by Gasteiger charge is 2.26. The molecule has 1 heterocycles. The molecule has 0 spiro atoms. The van der Waals surface area contributed by atoms with Crippen molar-refractivity contribution in [3.8, 4) is 0 Å². The minimum atomic E-state index is -0.0783. The molecule has 1 fully saturated rings. The summed E-state index contributed by atoms with van der Waals surface area (Å²) in [5, 5.41) is 13.3. The third kappa shape index (κ3) is 6.64. The number of hydrogen-bond acceptors (Lipinski definition) is 4. The number of likely N-dealkylation sites (tertiary alicyclic amines) is 1. The monoisotopic (exact) mass is 300 g/mol. The van der Waals surface area contributed by atoms with Gasteiger partial charge >= 0.3 is 0 Å². The zero-order chi connectivity index (χ0) is 15.6. The molecule has 0 bridgehead atoms. The van der Waals surface area contributed by atoms with Crippen LogP contribution in [0.1, 0.15) is 59.3 Å². The maximum absolute atomic E-state index is 9.76. The average molecular weight is 300 g/mol. The van der Waals surface area contributed by atoms with E-state index < -0.39 is 0 Å². The summed E-state index contributed by atoms with van der Waals surface area (Å²) >= 11 is 0. The topological polar surface area (TPSA) is 44.7 Å². The SMILES string of the molecule is CCCNC(CC)(CO)CCCN1CCCC(OCC)C1. The highest BCUT2D eigenvalue weighted by atomic mass is 16.5. The van der Waals surface area contributed by atoms with Gasteiger partial charge in [0, 0.05) is 18.7 Å². The Labute approximate surface area is 131 Å². The molecule has 0 aromatic carbocycles. The maximum atomic E-state index is 9.76. The first-order valence-corrected chi connectivity index (χ1v) is 8.89. The van der Waals surface area contributed by atoms with Gasteiger partial charge in [0.1, 0.15) is 0 Å². The maximum Gasteiger partial charge on any atom is 0.0702 e. The molecule has 0 aromatic rings. The summed E-state index contributed by atoms with van der Waals surface area (Å²) in [5.41, 5.74) is -0.0783. The molecule has 4 heteroatoms. The van der Waals surface area contributed by atoms with Crippen LogP contribution in [0.15, 0.2) is 0 Å². The van der Waals surface area contributed by atoms with Crippen molar-refractivity contribution in [2.45, 2.75) is 70.9 Å². The second-order valence-corrected chi connectivity index (χ2v) is 6.34. The number of aliphatic hydroxyl groups is 1. The Balaban J connectivity index is 2.32. The number of aliphatic hydroxyl groups excluding tert-OH is 1. The number of nitrogens with zero attached hydrogens (tertiary/aromatic N) is 1. The van der Waals surface area contributed by atoms with Crippen LogP contribution in [0.2, 0.25) is 0 Å².